The van der Waals surface area contributed by atoms with Crippen molar-refractivity contribution < 1.29 is 22.2 Å². The van der Waals surface area contributed by atoms with Crippen LogP contribution in [0.4, 0.5) is 23.0 Å². The molecule has 0 bridgehead atoms. The van der Waals surface area contributed by atoms with E-state index >= 15 is 0 Å². The summed E-state index contributed by atoms with van der Waals surface area (Å²) in [6, 6.07) is 6.53. The Balaban J connectivity index is 0. The fourth-order valence-electron chi connectivity index (χ4n) is 0.676. The van der Waals surface area contributed by atoms with Gasteiger partial charge in [0, 0.05) is 31.9 Å². The lowest BCUT2D eigenvalue weighted by molar-refractivity contribution is -0.377. The molecule has 0 aliphatic rings. The van der Waals surface area contributed by atoms with E-state index in [-0.39, 0.29) is 0 Å². The fourth-order valence-corrected chi connectivity index (χ4v) is 0.676. The molecule has 0 unspecified atom stereocenters. The van der Waals surface area contributed by atoms with Crippen molar-refractivity contribution in [3.63, 3.8) is 0 Å². The highest BCUT2D eigenvalue weighted by atomic mass is 19.5. The van der Waals surface area contributed by atoms with Crippen LogP contribution >= 0.6 is 0 Å². The second-order valence-electron chi connectivity index (χ2n) is 2.87. The van der Waals surface area contributed by atoms with Crippen molar-refractivity contribution in [2.45, 2.75) is 0 Å². The summed E-state index contributed by atoms with van der Waals surface area (Å²) < 4.78 is 39.0. The highest BCUT2D eigenvalue weighted by Gasteiger charge is 2.20. The summed E-state index contributed by atoms with van der Waals surface area (Å²) in [4.78, 5) is 5.02. The molecule has 0 atom stereocenters. The molecule has 0 amide bonds. The van der Waals surface area contributed by atoms with E-state index in [1.54, 1.807) is 0 Å². The van der Waals surface area contributed by atoms with E-state index in [0.29, 0.717) is 0 Å². The Morgan fingerprint density at radius 3 is 1.56 bits per heavy atom. The molecule has 0 saturated heterocycles. The monoisotopic (exact) mass is 262 g/mol. The molecule has 0 aromatic carbocycles. The standard InChI is InChI=1S/C7H10N2.C2N2.BF4/c1-9(2)7-3-5-8-6-4-7;3-1-2-4;2-1(3,4)5/h3-6H,1-2H3;;/q;;-1/p+1. The number of nitrogens with zero attached hydrogens (tertiary/aromatic N) is 3. The van der Waals surface area contributed by atoms with Crippen molar-refractivity contribution in [3.05, 3.63) is 24.5 Å². The number of rotatable bonds is 1. The predicted octanol–water partition coefficient (Wildman–Crippen LogP) is 1.90. The van der Waals surface area contributed by atoms with Gasteiger partial charge >= 0.3 is 7.25 Å². The Hall–Kier alpha value is -2.29. The van der Waals surface area contributed by atoms with Gasteiger partial charge in [0.15, 0.2) is 24.5 Å². The molecule has 1 N–H and O–H groups in total. The fraction of sp³-hybridized carbons (Fsp3) is 0.222. The molecule has 1 rings (SSSR count). The molecule has 18 heavy (non-hydrogen) atoms. The van der Waals surface area contributed by atoms with Gasteiger partial charge in [-0.3, -0.25) is 0 Å². The molecule has 4 nitrogen and oxygen atoms in total. The lowest BCUT2D eigenvalue weighted by Crippen LogP contribution is -2.10. The minimum Gasteiger partial charge on any atom is -0.418 e. The van der Waals surface area contributed by atoms with Crippen LogP contribution < -0.4 is 9.88 Å². The van der Waals surface area contributed by atoms with E-state index in [9.17, 15) is 17.3 Å². The van der Waals surface area contributed by atoms with Gasteiger partial charge in [-0.15, -0.1) is 0 Å². The summed E-state index contributed by atoms with van der Waals surface area (Å²) in [5, 5.41) is 14.5. The normalized spacial score (nSPS) is 8.44. The first-order valence-electron chi connectivity index (χ1n) is 4.51. The van der Waals surface area contributed by atoms with Crippen LogP contribution in [0.25, 0.3) is 0 Å². The van der Waals surface area contributed by atoms with Gasteiger partial charge in [0.05, 0.1) is 0 Å². The van der Waals surface area contributed by atoms with Crippen LogP contribution in [0.15, 0.2) is 24.5 Å². The average molecular weight is 262 g/mol. The molecule has 0 saturated carbocycles. The van der Waals surface area contributed by atoms with Crippen molar-refractivity contribution in [1.29, 1.82) is 10.5 Å². The maximum absolute atomic E-state index is 9.75. The quantitative estimate of drug-likeness (QED) is 0.573. The Kier molecular flexibility index (Phi) is 9.96. The van der Waals surface area contributed by atoms with Gasteiger partial charge in [-0.2, -0.15) is 10.5 Å². The number of nitrogens with one attached hydrogen (secondary N) is 1. The number of hydrogen-bond donors (Lipinski definition) is 0. The van der Waals surface area contributed by atoms with E-state index < -0.39 is 7.25 Å². The summed E-state index contributed by atoms with van der Waals surface area (Å²) in [5.41, 5.74) is 1.22. The second kappa shape index (κ2) is 9.91. The molecular formula is C9H11BF4N4. The van der Waals surface area contributed by atoms with Gasteiger partial charge in [-0.05, 0) is 0 Å². The van der Waals surface area contributed by atoms with Crippen molar-refractivity contribution >= 4 is 12.9 Å². The van der Waals surface area contributed by atoms with Crippen molar-refractivity contribution in [2.24, 2.45) is 0 Å². The molecule has 98 valence electrons. The van der Waals surface area contributed by atoms with E-state index in [4.69, 9.17) is 10.5 Å². The highest BCUT2D eigenvalue weighted by Crippen LogP contribution is 2.06. The summed E-state index contributed by atoms with van der Waals surface area (Å²) in [6.45, 7) is 0. The van der Waals surface area contributed by atoms with Crippen LogP contribution in [0.1, 0.15) is 0 Å². The Morgan fingerprint density at radius 2 is 1.39 bits per heavy atom. The molecule has 1 aromatic rings. The molecule has 0 spiro atoms. The van der Waals surface area contributed by atoms with Crippen LogP contribution in [-0.4, -0.2) is 21.3 Å². The predicted molar refractivity (Wildman–Crippen MR) is 58.7 cm³/mol. The molecular weight excluding hydrogens is 251 g/mol. The number of pyridine rings is 1. The SMILES string of the molecule is CN(C)c1cc[nH+]cc1.F[B-](F)(F)F.N#CC#N. The van der Waals surface area contributed by atoms with Gasteiger partial charge in [0.2, 0.25) is 0 Å². The molecule has 0 aliphatic carbocycles. The number of aromatic amines is 1. The average Bonchev–Trinajstić information content (AvgIpc) is 2.28. The number of hydrogen-bond acceptors (Lipinski definition) is 3. The smallest absolute Gasteiger partial charge is 0.418 e. The van der Waals surface area contributed by atoms with Crippen LogP contribution in [0.3, 0.4) is 0 Å². The summed E-state index contributed by atoms with van der Waals surface area (Å²) in [5.74, 6) is 0. The minimum absolute atomic E-state index is 1.22. The largest absolute Gasteiger partial charge is 0.673 e. The molecule has 0 aliphatic heterocycles. The molecule has 0 fully saturated rings. The Bertz CT molecular complexity index is 376. The van der Waals surface area contributed by atoms with Gasteiger partial charge < -0.3 is 22.2 Å². The third kappa shape index (κ3) is 19.3. The number of H-pyrrole nitrogens is 1. The summed E-state index contributed by atoms with van der Waals surface area (Å²) in [7, 11) is -1.95. The highest BCUT2D eigenvalue weighted by molar-refractivity contribution is 6.50. The number of halogens is 4. The van der Waals surface area contributed by atoms with Crippen molar-refractivity contribution in [1.82, 2.24) is 0 Å². The molecule has 1 heterocycles. The van der Waals surface area contributed by atoms with Crippen molar-refractivity contribution in [2.75, 3.05) is 19.0 Å². The van der Waals surface area contributed by atoms with E-state index in [0.717, 1.165) is 0 Å². The van der Waals surface area contributed by atoms with Crippen LogP contribution in [0, 0.1) is 22.7 Å². The van der Waals surface area contributed by atoms with E-state index in [2.05, 4.69) is 9.88 Å². The van der Waals surface area contributed by atoms with E-state index in [1.165, 1.54) is 17.8 Å². The summed E-state index contributed by atoms with van der Waals surface area (Å²) >= 11 is 0. The first kappa shape index (κ1) is 18.1. The maximum atomic E-state index is 9.75. The van der Waals surface area contributed by atoms with Crippen molar-refractivity contribution in [3.8, 4) is 12.1 Å². The minimum atomic E-state index is -6.00. The third-order valence-electron chi connectivity index (χ3n) is 1.27. The zero-order valence-electron chi connectivity index (χ0n) is 9.74. The maximum Gasteiger partial charge on any atom is 0.673 e. The van der Waals surface area contributed by atoms with Crippen LogP contribution in [0.2, 0.25) is 0 Å². The molecule has 0 radical (unpaired) electrons. The van der Waals surface area contributed by atoms with Gasteiger partial charge in [0.25, 0.3) is 0 Å². The first-order chi connectivity index (χ1) is 8.22. The molecule has 9 heteroatoms. The van der Waals surface area contributed by atoms with E-state index in [1.807, 2.05) is 38.6 Å². The lowest BCUT2D eigenvalue weighted by Gasteiger charge is -2.08. The third-order valence-corrected chi connectivity index (χ3v) is 1.27. The van der Waals surface area contributed by atoms with Gasteiger partial charge in [-0.25, -0.2) is 4.98 Å². The first-order valence-corrected chi connectivity index (χ1v) is 4.51. The number of aromatic nitrogens is 1. The van der Waals surface area contributed by atoms with Crippen LogP contribution in [-0.2, 0) is 0 Å². The zero-order valence-corrected chi connectivity index (χ0v) is 9.74. The lowest BCUT2D eigenvalue weighted by atomic mass is 10.3. The number of anilines is 1. The topological polar surface area (TPSA) is 65.0 Å². The van der Waals surface area contributed by atoms with Gasteiger partial charge in [0.1, 0.15) is 0 Å². The van der Waals surface area contributed by atoms with Crippen LogP contribution in [0.5, 0.6) is 0 Å². The van der Waals surface area contributed by atoms with Gasteiger partial charge in [-0.1, -0.05) is 0 Å². The Labute approximate surface area is 102 Å². The second-order valence-corrected chi connectivity index (χ2v) is 2.87. The number of nitriles is 2. The molecule has 1 aromatic heterocycles. The Morgan fingerprint density at radius 1 is 1.06 bits per heavy atom. The zero-order chi connectivity index (χ0) is 14.6. The summed E-state index contributed by atoms with van der Waals surface area (Å²) in [6.07, 6.45) is 3.82.